The summed E-state index contributed by atoms with van der Waals surface area (Å²) < 4.78 is 10.4. The van der Waals surface area contributed by atoms with Gasteiger partial charge in [0.25, 0.3) is 0 Å². The number of hydrogen-bond donors (Lipinski definition) is 1. The van der Waals surface area contributed by atoms with Crippen LogP contribution in [0.25, 0.3) is 0 Å². The van der Waals surface area contributed by atoms with Gasteiger partial charge in [-0.2, -0.15) is 0 Å². The number of para-hydroxylation sites is 1. The Bertz CT molecular complexity index is 295. The summed E-state index contributed by atoms with van der Waals surface area (Å²) in [4.78, 5) is 0. The number of hydrogen-bond acceptors (Lipinski definition) is 3. The van der Waals surface area contributed by atoms with Gasteiger partial charge >= 0.3 is 0 Å². The zero-order valence-corrected chi connectivity index (χ0v) is 8.78. The van der Waals surface area contributed by atoms with E-state index in [9.17, 15) is 5.11 Å². The van der Waals surface area contributed by atoms with Crippen LogP contribution in [0.2, 0.25) is 0 Å². The molecule has 0 saturated heterocycles. The first-order valence-corrected chi connectivity index (χ1v) is 4.57. The Balaban J connectivity index is 3.02. The third-order valence-corrected chi connectivity index (χ3v) is 2.00. The van der Waals surface area contributed by atoms with Crippen LogP contribution in [0.4, 0.5) is 0 Å². The summed E-state index contributed by atoms with van der Waals surface area (Å²) in [5.41, 5.74) is 0.960. The molecule has 0 aromatic heterocycles. The summed E-state index contributed by atoms with van der Waals surface area (Å²) in [6, 6.07) is 5.65. The van der Waals surface area contributed by atoms with Crippen LogP contribution in [0.1, 0.15) is 12.5 Å². The fourth-order valence-electron chi connectivity index (χ4n) is 1.43. The minimum Gasteiger partial charge on any atom is -0.493 e. The molecule has 0 aliphatic heterocycles. The predicted molar refractivity (Wildman–Crippen MR) is 54.9 cm³/mol. The Morgan fingerprint density at radius 2 is 2.00 bits per heavy atom. The summed E-state index contributed by atoms with van der Waals surface area (Å²) >= 11 is 0. The van der Waals surface area contributed by atoms with Crippen LogP contribution in [-0.4, -0.2) is 25.4 Å². The Labute approximate surface area is 84.3 Å². The summed E-state index contributed by atoms with van der Waals surface area (Å²) in [6.07, 6.45) is 0.191. The van der Waals surface area contributed by atoms with Crippen molar-refractivity contribution in [1.82, 2.24) is 0 Å². The Kier molecular flexibility index (Phi) is 3.77. The zero-order chi connectivity index (χ0) is 10.6. The van der Waals surface area contributed by atoms with Crippen LogP contribution < -0.4 is 9.47 Å². The molecule has 0 saturated carbocycles. The highest BCUT2D eigenvalue weighted by atomic mass is 16.5. The first kappa shape index (κ1) is 10.9. The van der Waals surface area contributed by atoms with E-state index in [1.807, 2.05) is 18.2 Å². The molecule has 0 unspecified atom stereocenters. The quantitative estimate of drug-likeness (QED) is 0.795. The first-order chi connectivity index (χ1) is 6.69. The average Bonchev–Trinajstić information content (AvgIpc) is 2.16. The van der Waals surface area contributed by atoms with E-state index in [1.54, 1.807) is 21.1 Å². The fourth-order valence-corrected chi connectivity index (χ4v) is 1.43. The Morgan fingerprint density at radius 1 is 1.29 bits per heavy atom. The van der Waals surface area contributed by atoms with Gasteiger partial charge in [-0.3, -0.25) is 0 Å². The van der Waals surface area contributed by atoms with Crippen molar-refractivity contribution in [2.45, 2.75) is 19.4 Å². The highest BCUT2D eigenvalue weighted by Crippen LogP contribution is 2.31. The molecule has 1 N–H and O–H groups in total. The molecule has 1 rings (SSSR count). The number of aliphatic hydroxyl groups is 1. The third kappa shape index (κ3) is 2.39. The van der Waals surface area contributed by atoms with Crippen molar-refractivity contribution in [3.05, 3.63) is 23.8 Å². The molecule has 1 aromatic rings. The molecule has 14 heavy (non-hydrogen) atoms. The molecule has 78 valence electrons. The maximum absolute atomic E-state index is 9.29. The minimum atomic E-state index is -0.379. The van der Waals surface area contributed by atoms with Crippen LogP contribution in [0.15, 0.2) is 18.2 Å². The standard InChI is InChI=1S/C11H16O3/c1-8(12)7-9-5-4-6-10(13-2)11(9)14-3/h4-6,8,12H,7H2,1-3H3/t8-/m1/s1. The Hall–Kier alpha value is -1.22. The molecule has 3 heteroatoms. The maximum Gasteiger partial charge on any atom is 0.163 e. The molecular formula is C11H16O3. The van der Waals surface area contributed by atoms with Gasteiger partial charge in [-0.25, -0.2) is 0 Å². The molecular weight excluding hydrogens is 180 g/mol. The minimum absolute atomic E-state index is 0.379. The van der Waals surface area contributed by atoms with Crippen molar-refractivity contribution in [2.75, 3.05) is 14.2 Å². The van der Waals surface area contributed by atoms with Gasteiger partial charge in [-0.05, 0) is 13.0 Å². The van der Waals surface area contributed by atoms with Gasteiger partial charge in [0.05, 0.1) is 20.3 Å². The summed E-state index contributed by atoms with van der Waals surface area (Å²) in [5.74, 6) is 1.40. The van der Waals surface area contributed by atoms with Crippen molar-refractivity contribution >= 4 is 0 Å². The summed E-state index contributed by atoms with van der Waals surface area (Å²) in [5, 5.41) is 9.29. The number of rotatable bonds is 4. The molecule has 0 fully saturated rings. The number of ether oxygens (including phenoxy) is 2. The number of aliphatic hydroxyl groups excluding tert-OH is 1. The summed E-state index contributed by atoms with van der Waals surface area (Å²) in [7, 11) is 3.20. The summed E-state index contributed by atoms with van der Waals surface area (Å²) in [6.45, 7) is 1.75. The third-order valence-electron chi connectivity index (χ3n) is 2.00. The van der Waals surface area contributed by atoms with E-state index in [0.29, 0.717) is 17.9 Å². The van der Waals surface area contributed by atoms with Crippen LogP contribution in [-0.2, 0) is 6.42 Å². The van der Waals surface area contributed by atoms with Crippen molar-refractivity contribution in [1.29, 1.82) is 0 Å². The lowest BCUT2D eigenvalue weighted by Crippen LogP contribution is -2.06. The van der Waals surface area contributed by atoms with Crippen molar-refractivity contribution in [2.24, 2.45) is 0 Å². The maximum atomic E-state index is 9.29. The SMILES string of the molecule is COc1cccc(C[C@@H](C)O)c1OC. The zero-order valence-electron chi connectivity index (χ0n) is 8.78. The molecule has 0 aliphatic rings. The van der Waals surface area contributed by atoms with Crippen LogP contribution in [0, 0.1) is 0 Å². The van der Waals surface area contributed by atoms with Gasteiger partial charge in [0, 0.05) is 12.0 Å². The van der Waals surface area contributed by atoms with E-state index < -0.39 is 0 Å². The van der Waals surface area contributed by atoms with Crippen molar-refractivity contribution in [3.63, 3.8) is 0 Å². The van der Waals surface area contributed by atoms with E-state index >= 15 is 0 Å². The molecule has 3 nitrogen and oxygen atoms in total. The van der Waals surface area contributed by atoms with Crippen molar-refractivity contribution in [3.8, 4) is 11.5 Å². The van der Waals surface area contributed by atoms with Gasteiger partial charge < -0.3 is 14.6 Å². The monoisotopic (exact) mass is 196 g/mol. The lowest BCUT2D eigenvalue weighted by molar-refractivity contribution is 0.194. The first-order valence-electron chi connectivity index (χ1n) is 4.57. The second-order valence-corrected chi connectivity index (χ2v) is 3.21. The molecule has 0 bridgehead atoms. The highest BCUT2D eigenvalue weighted by molar-refractivity contribution is 5.46. The lowest BCUT2D eigenvalue weighted by Gasteiger charge is -2.13. The molecule has 0 amide bonds. The van der Waals surface area contributed by atoms with E-state index in [-0.39, 0.29) is 6.10 Å². The van der Waals surface area contributed by atoms with Crippen molar-refractivity contribution < 1.29 is 14.6 Å². The topological polar surface area (TPSA) is 38.7 Å². The van der Waals surface area contributed by atoms with E-state index in [1.165, 1.54) is 0 Å². The number of methoxy groups -OCH3 is 2. The average molecular weight is 196 g/mol. The molecule has 1 atom stereocenters. The van der Waals surface area contributed by atoms with E-state index in [4.69, 9.17) is 9.47 Å². The molecule has 0 spiro atoms. The predicted octanol–water partition coefficient (Wildman–Crippen LogP) is 1.63. The second kappa shape index (κ2) is 4.86. The van der Waals surface area contributed by atoms with E-state index in [2.05, 4.69) is 0 Å². The van der Waals surface area contributed by atoms with Gasteiger partial charge in [-0.1, -0.05) is 12.1 Å². The molecule has 0 radical (unpaired) electrons. The highest BCUT2D eigenvalue weighted by Gasteiger charge is 2.10. The normalized spacial score (nSPS) is 12.3. The fraction of sp³-hybridized carbons (Fsp3) is 0.455. The second-order valence-electron chi connectivity index (χ2n) is 3.21. The van der Waals surface area contributed by atoms with Gasteiger partial charge in [0.2, 0.25) is 0 Å². The largest absolute Gasteiger partial charge is 0.493 e. The molecule has 1 aromatic carbocycles. The molecule has 0 heterocycles. The van der Waals surface area contributed by atoms with Gasteiger partial charge in [0.15, 0.2) is 11.5 Å². The Morgan fingerprint density at radius 3 is 2.50 bits per heavy atom. The van der Waals surface area contributed by atoms with Crippen LogP contribution >= 0.6 is 0 Å². The number of benzene rings is 1. The van der Waals surface area contributed by atoms with Gasteiger partial charge in [0.1, 0.15) is 0 Å². The van der Waals surface area contributed by atoms with Crippen LogP contribution in [0.5, 0.6) is 11.5 Å². The smallest absolute Gasteiger partial charge is 0.163 e. The van der Waals surface area contributed by atoms with E-state index in [0.717, 1.165) is 5.56 Å². The molecule has 0 aliphatic carbocycles. The van der Waals surface area contributed by atoms with Crippen LogP contribution in [0.3, 0.4) is 0 Å². The van der Waals surface area contributed by atoms with Gasteiger partial charge in [-0.15, -0.1) is 0 Å². The lowest BCUT2D eigenvalue weighted by atomic mass is 10.1.